The van der Waals surface area contributed by atoms with Gasteiger partial charge >= 0.3 is 0 Å². The van der Waals surface area contributed by atoms with Crippen molar-refractivity contribution in [1.82, 2.24) is 5.32 Å². The van der Waals surface area contributed by atoms with Gasteiger partial charge in [0.15, 0.2) is 9.84 Å². The molecule has 0 amide bonds. The van der Waals surface area contributed by atoms with Gasteiger partial charge in [-0.05, 0) is 37.6 Å². The summed E-state index contributed by atoms with van der Waals surface area (Å²) >= 11 is 0. The first-order valence-electron chi connectivity index (χ1n) is 7.17. The third-order valence-electron chi connectivity index (χ3n) is 3.94. The standard InChI is InChI=1S/C15H23NO4S/c1-16-15(12-3-5-13(19-2)6-4-12)11-21(17,18)14-7-9-20-10-8-14/h3-6,14-16H,7-11H2,1-2H3. The summed E-state index contributed by atoms with van der Waals surface area (Å²) in [5.41, 5.74) is 0.953. The van der Waals surface area contributed by atoms with Crippen LogP contribution in [-0.2, 0) is 14.6 Å². The molecule has 1 aromatic rings. The Morgan fingerprint density at radius 2 is 1.90 bits per heavy atom. The fourth-order valence-corrected chi connectivity index (χ4v) is 4.59. The highest BCUT2D eigenvalue weighted by Gasteiger charge is 2.30. The van der Waals surface area contributed by atoms with Crippen LogP contribution in [0, 0.1) is 0 Å². The Balaban J connectivity index is 2.09. The molecule has 0 aliphatic carbocycles. The van der Waals surface area contributed by atoms with Crippen molar-refractivity contribution < 1.29 is 17.9 Å². The van der Waals surface area contributed by atoms with Crippen LogP contribution >= 0.6 is 0 Å². The van der Waals surface area contributed by atoms with Gasteiger partial charge in [-0.2, -0.15) is 0 Å². The lowest BCUT2D eigenvalue weighted by Gasteiger charge is -2.25. The fourth-order valence-electron chi connectivity index (χ4n) is 2.59. The van der Waals surface area contributed by atoms with Crippen LogP contribution in [0.25, 0.3) is 0 Å². The lowest BCUT2D eigenvalue weighted by atomic mass is 10.1. The van der Waals surface area contributed by atoms with E-state index in [1.165, 1.54) is 0 Å². The van der Waals surface area contributed by atoms with Crippen molar-refractivity contribution in [2.45, 2.75) is 24.1 Å². The molecule has 1 aromatic carbocycles. The van der Waals surface area contributed by atoms with E-state index in [0.717, 1.165) is 11.3 Å². The monoisotopic (exact) mass is 313 g/mol. The molecule has 1 N–H and O–H groups in total. The Morgan fingerprint density at radius 3 is 2.43 bits per heavy atom. The summed E-state index contributed by atoms with van der Waals surface area (Å²) in [6, 6.07) is 7.30. The molecule has 118 valence electrons. The van der Waals surface area contributed by atoms with Gasteiger partial charge in [-0.15, -0.1) is 0 Å². The molecule has 0 radical (unpaired) electrons. The molecule has 0 aromatic heterocycles. The third kappa shape index (κ3) is 4.18. The number of benzene rings is 1. The van der Waals surface area contributed by atoms with Crippen LogP contribution in [0.1, 0.15) is 24.4 Å². The van der Waals surface area contributed by atoms with Crippen molar-refractivity contribution in [3.63, 3.8) is 0 Å². The molecular formula is C15H23NO4S. The maximum atomic E-state index is 12.5. The SMILES string of the molecule is CNC(CS(=O)(=O)C1CCOCC1)c1ccc(OC)cc1. The van der Waals surface area contributed by atoms with E-state index in [1.807, 2.05) is 24.3 Å². The molecular weight excluding hydrogens is 290 g/mol. The van der Waals surface area contributed by atoms with E-state index in [9.17, 15) is 8.42 Å². The Morgan fingerprint density at radius 1 is 1.29 bits per heavy atom. The summed E-state index contributed by atoms with van der Waals surface area (Å²) in [4.78, 5) is 0. The molecule has 1 saturated heterocycles. The van der Waals surface area contributed by atoms with Crippen LogP contribution in [0.5, 0.6) is 5.75 Å². The predicted molar refractivity (Wildman–Crippen MR) is 82.4 cm³/mol. The highest BCUT2D eigenvalue weighted by atomic mass is 32.2. The molecule has 21 heavy (non-hydrogen) atoms. The van der Waals surface area contributed by atoms with Crippen LogP contribution in [-0.4, -0.2) is 46.8 Å². The molecule has 1 unspecified atom stereocenters. The first-order chi connectivity index (χ1) is 10.1. The van der Waals surface area contributed by atoms with E-state index in [4.69, 9.17) is 9.47 Å². The Hall–Kier alpha value is -1.11. The second kappa shape index (κ2) is 7.24. The number of hydrogen-bond acceptors (Lipinski definition) is 5. The zero-order valence-corrected chi connectivity index (χ0v) is 13.4. The summed E-state index contributed by atoms with van der Waals surface area (Å²) in [6.45, 7) is 1.08. The molecule has 1 atom stereocenters. The van der Waals surface area contributed by atoms with E-state index in [-0.39, 0.29) is 17.0 Å². The van der Waals surface area contributed by atoms with E-state index in [1.54, 1.807) is 14.2 Å². The number of methoxy groups -OCH3 is 1. The smallest absolute Gasteiger partial charge is 0.155 e. The van der Waals surface area contributed by atoms with Crippen LogP contribution in [0.2, 0.25) is 0 Å². The maximum absolute atomic E-state index is 12.5. The summed E-state index contributed by atoms with van der Waals surface area (Å²) < 4.78 is 35.4. The van der Waals surface area contributed by atoms with Crippen molar-refractivity contribution in [1.29, 1.82) is 0 Å². The number of sulfone groups is 1. The molecule has 1 fully saturated rings. The molecule has 0 spiro atoms. The number of ether oxygens (including phenoxy) is 2. The van der Waals surface area contributed by atoms with E-state index in [0.29, 0.717) is 26.1 Å². The van der Waals surface area contributed by atoms with Crippen LogP contribution in [0.4, 0.5) is 0 Å². The van der Waals surface area contributed by atoms with Gasteiger partial charge in [0.2, 0.25) is 0 Å². The fraction of sp³-hybridized carbons (Fsp3) is 0.600. The minimum atomic E-state index is -3.13. The van der Waals surface area contributed by atoms with Gasteiger partial charge in [0.05, 0.1) is 18.1 Å². The van der Waals surface area contributed by atoms with Crippen molar-refractivity contribution in [2.75, 3.05) is 33.1 Å². The molecule has 5 nitrogen and oxygen atoms in total. The van der Waals surface area contributed by atoms with Gasteiger partial charge in [0.1, 0.15) is 5.75 Å². The van der Waals surface area contributed by atoms with Crippen molar-refractivity contribution >= 4 is 9.84 Å². The van der Waals surface area contributed by atoms with Crippen LogP contribution < -0.4 is 10.1 Å². The van der Waals surface area contributed by atoms with Gasteiger partial charge in [-0.1, -0.05) is 12.1 Å². The van der Waals surface area contributed by atoms with Gasteiger partial charge < -0.3 is 14.8 Å². The second-order valence-corrected chi connectivity index (χ2v) is 7.58. The molecule has 6 heteroatoms. The summed E-state index contributed by atoms with van der Waals surface area (Å²) in [5.74, 6) is 0.876. The van der Waals surface area contributed by atoms with Crippen LogP contribution in [0.3, 0.4) is 0 Å². The van der Waals surface area contributed by atoms with Crippen molar-refractivity contribution in [3.05, 3.63) is 29.8 Å². The Kier molecular flexibility index (Phi) is 5.61. The van der Waals surface area contributed by atoms with Gasteiger partial charge in [-0.3, -0.25) is 0 Å². The quantitative estimate of drug-likeness (QED) is 0.863. The largest absolute Gasteiger partial charge is 0.497 e. The summed E-state index contributed by atoms with van der Waals surface area (Å²) in [6.07, 6.45) is 1.20. The van der Waals surface area contributed by atoms with E-state index >= 15 is 0 Å². The van der Waals surface area contributed by atoms with E-state index in [2.05, 4.69) is 5.32 Å². The number of nitrogens with one attached hydrogen (secondary N) is 1. The first-order valence-corrected chi connectivity index (χ1v) is 8.89. The Bertz CT molecular complexity index is 535. The summed E-state index contributed by atoms with van der Waals surface area (Å²) in [5, 5.41) is 2.82. The second-order valence-electron chi connectivity index (χ2n) is 5.26. The normalized spacial score (nSPS) is 18.4. The molecule has 0 saturated carbocycles. The third-order valence-corrected chi connectivity index (χ3v) is 6.23. The van der Waals surface area contributed by atoms with Gasteiger partial charge in [0.25, 0.3) is 0 Å². The summed E-state index contributed by atoms with van der Waals surface area (Å²) in [7, 11) is 0.265. The topological polar surface area (TPSA) is 64.6 Å². The van der Waals surface area contributed by atoms with Gasteiger partial charge in [-0.25, -0.2) is 8.42 Å². The highest BCUT2D eigenvalue weighted by Crippen LogP contribution is 2.23. The van der Waals surface area contributed by atoms with Crippen molar-refractivity contribution in [3.8, 4) is 5.75 Å². The zero-order chi connectivity index (χ0) is 15.3. The molecule has 2 rings (SSSR count). The Labute approximate surface area is 126 Å². The maximum Gasteiger partial charge on any atom is 0.155 e. The average Bonchev–Trinajstić information content (AvgIpc) is 2.53. The predicted octanol–water partition coefficient (Wildman–Crippen LogP) is 1.55. The van der Waals surface area contributed by atoms with Crippen LogP contribution in [0.15, 0.2) is 24.3 Å². The first kappa shape index (κ1) is 16.3. The minimum absolute atomic E-state index is 0.112. The highest BCUT2D eigenvalue weighted by molar-refractivity contribution is 7.92. The number of hydrogen-bond donors (Lipinski definition) is 1. The molecule has 1 aliphatic heterocycles. The molecule has 1 aliphatic rings. The van der Waals surface area contributed by atoms with E-state index < -0.39 is 9.84 Å². The lowest BCUT2D eigenvalue weighted by Crippen LogP contribution is -2.35. The minimum Gasteiger partial charge on any atom is -0.497 e. The molecule has 0 bridgehead atoms. The average molecular weight is 313 g/mol. The van der Waals surface area contributed by atoms with Crippen molar-refractivity contribution in [2.24, 2.45) is 0 Å². The lowest BCUT2D eigenvalue weighted by molar-refractivity contribution is 0.0983. The van der Waals surface area contributed by atoms with Gasteiger partial charge in [0, 0.05) is 19.3 Å². The number of rotatable bonds is 6. The molecule has 1 heterocycles. The zero-order valence-electron chi connectivity index (χ0n) is 12.5.